The molecule has 4 aromatic rings. The Labute approximate surface area is 290 Å². The van der Waals surface area contributed by atoms with Crippen LogP contribution in [0.3, 0.4) is 0 Å². The fraction of sp³-hybridized carbons (Fsp3) is 0.410. The first kappa shape index (κ1) is 33.3. The van der Waals surface area contributed by atoms with Gasteiger partial charge in [-0.3, -0.25) is 14.2 Å². The number of amides is 1. The highest BCUT2D eigenvalue weighted by molar-refractivity contribution is 6.31. The lowest BCUT2D eigenvalue weighted by atomic mass is 9.51. The van der Waals surface area contributed by atoms with E-state index in [1.54, 1.807) is 34.9 Å². The van der Waals surface area contributed by atoms with E-state index in [9.17, 15) is 19.5 Å². The summed E-state index contributed by atoms with van der Waals surface area (Å²) in [6.45, 7) is 4.23. The van der Waals surface area contributed by atoms with Crippen molar-refractivity contribution >= 4 is 34.6 Å². The predicted molar refractivity (Wildman–Crippen MR) is 189 cm³/mol. The largest absolute Gasteiger partial charge is 0.514 e. The number of β-amino-alcohol motifs (C(OH)–C–C–N with tert-alkyl or cyclic N) is 1. The molecular weight excluding hydrogens is 642 g/mol. The summed E-state index contributed by atoms with van der Waals surface area (Å²) in [5.41, 5.74) is 1.73. The van der Waals surface area contributed by atoms with Gasteiger partial charge in [-0.05, 0) is 112 Å². The molecule has 3 unspecified atom stereocenters. The minimum Gasteiger partial charge on any atom is -0.437 e. The number of halogens is 1. The van der Waals surface area contributed by atoms with E-state index in [0.717, 1.165) is 37.7 Å². The quantitative estimate of drug-likeness (QED) is 0.174. The number of nitrogens with zero attached hydrogens (tertiary/aromatic N) is 1. The van der Waals surface area contributed by atoms with Crippen LogP contribution in [-0.2, 0) is 11.2 Å². The van der Waals surface area contributed by atoms with Crippen LogP contribution in [0.5, 0.6) is 5.88 Å². The molecule has 4 bridgehead atoms. The second kappa shape index (κ2) is 12.9. The lowest BCUT2D eigenvalue weighted by Gasteiger charge is -2.60. The number of nitrogens with one attached hydrogen (secondary N) is 2. The molecule has 4 aliphatic rings. The Morgan fingerprint density at radius 1 is 1.00 bits per heavy atom. The van der Waals surface area contributed by atoms with Gasteiger partial charge in [0.1, 0.15) is 0 Å². The Morgan fingerprint density at radius 2 is 1.69 bits per heavy atom. The second-order valence-corrected chi connectivity index (χ2v) is 15.2. The smallest absolute Gasteiger partial charge is 0.437 e. The summed E-state index contributed by atoms with van der Waals surface area (Å²) in [6.07, 6.45) is 4.60. The third-order valence-corrected chi connectivity index (χ3v) is 10.8. The Balaban J connectivity index is 1.14. The minimum absolute atomic E-state index is 0.0383. The first-order chi connectivity index (χ1) is 23.4. The van der Waals surface area contributed by atoms with Crippen molar-refractivity contribution in [3.63, 3.8) is 0 Å². The molecule has 1 amide bonds. The summed E-state index contributed by atoms with van der Waals surface area (Å²) < 4.78 is 12.2. The number of aromatic nitrogens is 1. The highest BCUT2D eigenvalue weighted by atomic mass is 35.5. The van der Waals surface area contributed by atoms with Crippen LogP contribution in [0.15, 0.2) is 77.6 Å². The first-order valence-electron chi connectivity index (χ1n) is 17.0. The van der Waals surface area contributed by atoms with Gasteiger partial charge in [0, 0.05) is 46.2 Å². The molecule has 0 saturated heterocycles. The van der Waals surface area contributed by atoms with E-state index in [0.29, 0.717) is 51.5 Å². The SMILES string of the molecule is COC(=O)Oc1c(Cc2ccc(C(=O)NC3[C@@H]4CC5C[C@H]3CC(NCC(C)(C)O)(C5)C4)cc2)c(=O)c2ccc(Cl)cc2n1-c1ccccc1. The summed E-state index contributed by atoms with van der Waals surface area (Å²) in [4.78, 5) is 40.1. The molecule has 3 aromatic carbocycles. The van der Waals surface area contributed by atoms with Crippen molar-refractivity contribution in [3.8, 4) is 11.6 Å². The zero-order valence-electron chi connectivity index (χ0n) is 28.0. The van der Waals surface area contributed by atoms with Gasteiger partial charge in [-0.2, -0.15) is 0 Å². The van der Waals surface area contributed by atoms with Gasteiger partial charge in [0.05, 0.1) is 23.8 Å². The maximum atomic E-state index is 14.0. The predicted octanol–water partition coefficient (Wildman–Crippen LogP) is 6.42. The maximum Gasteiger partial charge on any atom is 0.514 e. The molecule has 10 heteroatoms. The number of carbonyl (C=O) groups excluding carboxylic acids is 2. The highest BCUT2D eigenvalue weighted by Crippen LogP contribution is 2.55. The fourth-order valence-corrected chi connectivity index (χ4v) is 8.86. The van der Waals surface area contributed by atoms with Gasteiger partial charge in [-0.15, -0.1) is 0 Å². The number of benzene rings is 3. The van der Waals surface area contributed by atoms with E-state index in [1.807, 2.05) is 56.3 Å². The average molecular weight is 684 g/mol. The molecule has 8 rings (SSSR count). The zero-order valence-corrected chi connectivity index (χ0v) is 28.8. The van der Waals surface area contributed by atoms with E-state index in [4.69, 9.17) is 21.1 Å². The van der Waals surface area contributed by atoms with Crippen LogP contribution < -0.4 is 20.8 Å². The van der Waals surface area contributed by atoms with Crippen molar-refractivity contribution in [2.24, 2.45) is 17.8 Å². The van der Waals surface area contributed by atoms with Crippen molar-refractivity contribution in [3.05, 3.63) is 105 Å². The van der Waals surface area contributed by atoms with Crippen LogP contribution >= 0.6 is 11.6 Å². The van der Waals surface area contributed by atoms with Crippen molar-refractivity contribution < 1.29 is 24.2 Å². The number of rotatable bonds is 9. The van der Waals surface area contributed by atoms with Crippen LogP contribution in [0.2, 0.25) is 5.02 Å². The molecule has 256 valence electrons. The molecule has 4 fully saturated rings. The van der Waals surface area contributed by atoms with Gasteiger partial charge >= 0.3 is 6.16 Å². The van der Waals surface area contributed by atoms with Crippen molar-refractivity contribution in [2.75, 3.05) is 13.7 Å². The van der Waals surface area contributed by atoms with Crippen molar-refractivity contribution in [1.29, 1.82) is 0 Å². The van der Waals surface area contributed by atoms with E-state index in [-0.39, 0.29) is 40.8 Å². The van der Waals surface area contributed by atoms with Gasteiger partial charge in [-0.25, -0.2) is 4.79 Å². The second-order valence-electron chi connectivity index (χ2n) is 14.8. The van der Waals surface area contributed by atoms with Crippen LogP contribution in [-0.4, -0.2) is 52.6 Å². The zero-order chi connectivity index (χ0) is 34.5. The monoisotopic (exact) mass is 683 g/mol. The van der Waals surface area contributed by atoms with Gasteiger partial charge in [0.15, 0.2) is 5.43 Å². The number of para-hydroxylation sites is 1. The third-order valence-electron chi connectivity index (χ3n) is 10.6. The summed E-state index contributed by atoms with van der Waals surface area (Å²) in [5.74, 6) is 1.41. The molecule has 9 nitrogen and oxygen atoms in total. The average Bonchev–Trinajstić information content (AvgIpc) is 3.07. The summed E-state index contributed by atoms with van der Waals surface area (Å²) >= 11 is 6.36. The molecule has 0 radical (unpaired) electrons. The summed E-state index contributed by atoms with van der Waals surface area (Å²) in [5, 5.41) is 18.3. The fourth-order valence-electron chi connectivity index (χ4n) is 8.70. The van der Waals surface area contributed by atoms with Gasteiger partial charge in [0.25, 0.3) is 5.91 Å². The topological polar surface area (TPSA) is 119 Å². The van der Waals surface area contributed by atoms with Gasteiger partial charge in [-0.1, -0.05) is 41.9 Å². The van der Waals surface area contributed by atoms with Crippen molar-refractivity contribution in [2.45, 2.75) is 69.6 Å². The molecule has 3 N–H and O–H groups in total. The standard InChI is InChI=1S/C39H42ClN3O6/c1-38(2,47)22-41-39-19-24-15-26(20-39)33(27(16-24)21-39)42-35(45)25-11-9-23(10-12-25)17-31-34(44)30-14-13-28(40)18-32(30)43(29-7-5-4-6-8-29)36(31)49-37(46)48-3/h4-14,18,24,26-27,33,41,47H,15-17,19-22H2,1-3H3,(H,42,45)/t24?,26-,27+,33?,39?. The number of fused-ring (bicyclic) bond motifs is 1. The highest BCUT2D eigenvalue weighted by Gasteiger charge is 2.55. The molecule has 4 aliphatic carbocycles. The Hall–Kier alpha value is -4.18. The molecule has 0 aliphatic heterocycles. The normalized spacial score (nSPS) is 24.2. The molecule has 49 heavy (non-hydrogen) atoms. The number of ether oxygens (including phenoxy) is 2. The summed E-state index contributed by atoms with van der Waals surface area (Å²) in [7, 11) is 1.21. The number of pyridine rings is 1. The Morgan fingerprint density at radius 3 is 2.35 bits per heavy atom. The van der Waals surface area contributed by atoms with Gasteiger partial charge < -0.3 is 25.2 Å². The number of hydrogen-bond donors (Lipinski definition) is 3. The van der Waals surface area contributed by atoms with Crippen LogP contribution in [0.1, 0.15) is 67.4 Å². The molecule has 5 atom stereocenters. The number of methoxy groups -OCH3 is 1. The molecular formula is C39H42ClN3O6. The maximum absolute atomic E-state index is 14.0. The van der Waals surface area contributed by atoms with Crippen LogP contribution in [0, 0.1) is 17.8 Å². The number of aliphatic hydroxyl groups is 1. The van der Waals surface area contributed by atoms with Gasteiger partial charge in [0.2, 0.25) is 5.88 Å². The van der Waals surface area contributed by atoms with E-state index >= 15 is 0 Å². The van der Waals surface area contributed by atoms with E-state index in [2.05, 4.69) is 10.6 Å². The Bertz CT molecular complexity index is 1940. The lowest BCUT2D eigenvalue weighted by Crippen LogP contribution is -2.66. The minimum atomic E-state index is -0.956. The summed E-state index contributed by atoms with van der Waals surface area (Å²) in [6, 6.07) is 21.6. The number of carbonyl (C=O) groups is 2. The molecule has 1 heterocycles. The molecule has 0 spiro atoms. The van der Waals surface area contributed by atoms with Crippen molar-refractivity contribution in [1.82, 2.24) is 15.2 Å². The first-order valence-corrected chi connectivity index (χ1v) is 17.4. The Kier molecular flexibility index (Phi) is 8.80. The van der Waals surface area contributed by atoms with Crippen LogP contribution in [0.4, 0.5) is 4.79 Å². The lowest BCUT2D eigenvalue weighted by molar-refractivity contribution is -0.0528. The molecule has 4 saturated carbocycles. The van der Waals surface area contributed by atoms with Crippen LogP contribution in [0.25, 0.3) is 16.6 Å². The van der Waals surface area contributed by atoms with E-state index in [1.165, 1.54) is 7.11 Å². The number of hydrogen-bond acceptors (Lipinski definition) is 7. The molecule has 1 aromatic heterocycles. The third kappa shape index (κ3) is 6.72. The van der Waals surface area contributed by atoms with E-state index < -0.39 is 11.8 Å².